The van der Waals surface area contributed by atoms with Crippen molar-refractivity contribution in [2.75, 3.05) is 11.9 Å². The number of amides is 1. The zero-order valence-electron chi connectivity index (χ0n) is 10.8. The van der Waals surface area contributed by atoms with Crippen LogP contribution < -0.4 is 10.1 Å². The lowest BCUT2D eigenvalue weighted by Gasteiger charge is -2.11. The first-order valence-corrected chi connectivity index (χ1v) is 7.78. The number of rotatable bonds is 4. The maximum absolute atomic E-state index is 11.9. The fourth-order valence-electron chi connectivity index (χ4n) is 1.57. The van der Waals surface area contributed by atoms with Gasteiger partial charge in [0.25, 0.3) is 5.91 Å². The number of ether oxygens (including phenoxy) is 1. The number of carbonyl (C=O) groups excluding carboxylic acids is 1. The Kier molecular flexibility index (Phi) is 6.07. The van der Waals surface area contributed by atoms with Crippen LogP contribution in [-0.4, -0.2) is 12.5 Å². The van der Waals surface area contributed by atoms with Crippen LogP contribution in [0.5, 0.6) is 5.75 Å². The minimum atomic E-state index is -0.447. The van der Waals surface area contributed by atoms with Gasteiger partial charge in [0.2, 0.25) is 0 Å². The van der Waals surface area contributed by atoms with E-state index in [2.05, 4.69) is 5.32 Å². The zero-order valence-corrected chi connectivity index (χ0v) is 14.6. The number of hydrogen-bond acceptors (Lipinski definition) is 2. The lowest BCUT2D eigenvalue weighted by molar-refractivity contribution is -0.118. The van der Waals surface area contributed by atoms with Gasteiger partial charge in [-0.05, 0) is 30.3 Å². The molecule has 0 bridgehead atoms. The predicted molar refractivity (Wildman–Crippen MR) is 92.1 cm³/mol. The molecule has 8 heteroatoms. The smallest absolute Gasteiger partial charge is 0.262 e. The molecule has 1 amide bonds. The molecule has 2 rings (SSSR count). The number of halogens is 5. The van der Waals surface area contributed by atoms with Gasteiger partial charge >= 0.3 is 0 Å². The molecule has 2 aromatic rings. The van der Waals surface area contributed by atoms with Crippen LogP contribution in [0.3, 0.4) is 0 Å². The van der Waals surface area contributed by atoms with Crippen LogP contribution in [0.15, 0.2) is 30.3 Å². The average molecular weight is 399 g/mol. The zero-order chi connectivity index (χ0) is 16.3. The number of anilines is 1. The van der Waals surface area contributed by atoms with E-state index in [0.717, 1.165) is 0 Å². The fraction of sp³-hybridized carbons (Fsp3) is 0.0714. The van der Waals surface area contributed by atoms with Crippen LogP contribution in [0, 0.1) is 0 Å². The molecule has 116 valence electrons. The molecule has 3 nitrogen and oxygen atoms in total. The van der Waals surface area contributed by atoms with E-state index in [1.165, 1.54) is 18.2 Å². The first-order chi connectivity index (χ1) is 10.4. The van der Waals surface area contributed by atoms with Gasteiger partial charge in [0.15, 0.2) is 6.61 Å². The SMILES string of the molecule is O=C(COc1ccc(Cl)cc1Cl)Nc1c(Cl)cc(Cl)cc1Cl. The van der Waals surface area contributed by atoms with Gasteiger partial charge in [-0.2, -0.15) is 0 Å². The fourth-order valence-corrected chi connectivity index (χ4v) is 2.95. The van der Waals surface area contributed by atoms with Gasteiger partial charge in [0.1, 0.15) is 5.75 Å². The molecule has 0 unspecified atom stereocenters. The summed E-state index contributed by atoms with van der Waals surface area (Å²) >= 11 is 29.5. The molecule has 0 saturated carbocycles. The maximum Gasteiger partial charge on any atom is 0.262 e. The van der Waals surface area contributed by atoms with Crippen molar-refractivity contribution in [2.24, 2.45) is 0 Å². The summed E-state index contributed by atoms with van der Waals surface area (Å²) < 4.78 is 5.31. The van der Waals surface area contributed by atoms with Crippen molar-refractivity contribution in [3.05, 3.63) is 55.4 Å². The molecule has 0 radical (unpaired) electrons. The second-order valence-electron chi connectivity index (χ2n) is 4.16. The van der Waals surface area contributed by atoms with Gasteiger partial charge in [0, 0.05) is 10.0 Å². The molecule has 0 fully saturated rings. The summed E-state index contributed by atoms with van der Waals surface area (Å²) in [7, 11) is 0. The number of nitrogens with one attached hydrogen (secondary N) is 1. The van der Waals surface area contributed by atoms with Gasteiger partial charge in [-0.15, -0.1) is 0 Å². The van der Waals surface area contributed by atoms with E-state index in [9.17, 15) is 4.79 Å². The Morgan fingerprint density at radius 2 is 1.50 bits per heavy atom. The Hall–Kier alpha value is -0.840. The quantitative estimate of drug-likeness (QED) is 0.688. The predicted octanol–water partition coefficient (Wildman–Crippen LogP) is 5.97. The highest BCUT2D eigenvalue weighted by molar-refractivity contribution is 6.42. The van der Waals surface area contributed by atoms with Crippen LogP contribution >= 0.6 is 58.0 Å². The third kappa shape index (κ3) is 4.58. The van der Waals surface area contributed by atoms with E-state index in [1.807, 2.05) is 0 Å². The highest BCUT2D eigenvalue weighted by atomic mass is 35.5. The number of carbonyl (C=O) groups is 1. The minimum absolute atomic E-state index is 0.232. The van der Waals surface area contributed by atoms with Gasteiger partial charge in [-0.25, -0.2) is 0 Å². The largest absolute Gasteiger partial charge is 0.482 e. The van der Waals surface area contributed by atoms with E-state index >= 15 is 0 Å². The Balaban J connectivity index is 2.02. The first kappa shape index (κ1) is 17.5. The van der Waals surface area contributed by atoms with Crippen LogP contribution in [0.25, 0.3) is 0 Å². The van der Waals surface area contributed by atoms with Crippen molar-refractivity contribution < 1.29 is 9.53 Å². The molecule has 0 spiro atoms. The van der Waals surface area contributed by atoms with Crippen LogP contribution in [-0.2, 0) is 4.79 Å². The normalized spacial score (nSPS) is 10.4. The summed E-state index contributed by atoms with van der Waals surface area (Å²) in [5, 5.41) is 4.17. The third-order valence-corrected chi connectivity index (χ3v) is 3.87. The molecular weight excluding hydrogens is 391 g/mol. The Labute approximate surface area is 152 Å². The molecule has 0 heterocycles. The summed E-state index contributed by atoms with van der Waals surface area (Å²) in [6.07, 6.45) is 0. The lowest BCUT2D eigenvalue weighted by Crippen LogP contribution is -2.20. The van der Waals surface area contributed by atoms with Crippen LogP contribution in [0.1, 0.15) is 0 Å². The van der Waals surface area contributed by atoms with E-state index < -0.39 is 5.91 Å². The van der Waals surface area contributed by atoms with E-state index in [0.29, 0.717) is 20.8 Å². The molecular formula is C14H8Cl5NO2. The van der Waals surface area contributed by atoms with E-state index in [-0.39, 0.29) is 22.3 Å². The monoisotopic (exact) mass is 397 g/mol. The Morgan fingerprint density at radius 3 is 2.09 bits per heavy atom. The highest BCUT2D eigenvalue weighted by Gasteiger charge is 2.12. The molecule has 0 aliphatic carbocycles. The van der Waals surface area contributed by atoms with Gasteiger partial charge in [-0.1, -0.05) is 58.0 Å². The molecule has 22 heavy (non-hydrogen) atoms. The van der Waals surface area contributed by atoms with E-state index in [1.54, 1.807) is 12.1 Å². The third-order valence-electron chi connectivity index (χ3n) is 2.52. The van der Waals surface area contributed by atoms with Crippen molar-refractivity contribution in [2.45, 2.75) is 0 Å². The van der Waals surface area contributed by atoms with Gasteiger partial charge < -0.3 is 10.1 Å². The van der Waals surface area contributed by atoms with Crippen molar-refractivity contribution in [1.82, 2.24) is 0 Å². The lowest BCUT2D eigenvalue weighted by atomic mass is 10.3. The number of hydrogen-bond donors (Lipinski definition) is 1. The van der Waals surface area contributed by atoms with Crippen molar-refractivity contribution in [3.8, 4) is 5.75 Å². The first-order valence-electron chi connectivity index (χ1n) is 5.89. The summed E-state index contributed by atoms with van der Waals surface area (Å²) in [4.78, 5) is 11.9. The minimum Gasteiger partial charge on any atom is -0.482 e. The second-order valence-corrected chi connectivity index (χ2v) is 6.25. The molecule has 0 aromatic heterocycles. The van der Waals surface area contributed by atoms with Gasteiger partial charge in [0.05, 0.1) is 20.8 Å². The number of benzene rings is 2. The van der Waals surface area contributed by atoms with Crippen LogP contribution in [0.4, 0.5) is 5.69 Å². The average Bonchev–Trinajstić information content (AvgIpc) is 2.42. The summed E-state index contributed by atoms with van der Waals surface area (Å²) in [5.74, 6) is -0.105. The summed E-state index contributed by atoms with van der Waals surface area (Å²) in [6.45, 7) is -0.267. The van der Waals surface area contributed by atoms with Crippen molar-refractivity contribution in [3.63, 3.8) is 0 Å². The Bertz CT molecular complexity index is 697. The molecule has 0 aliphatic heterocycles. The molecule has 0 atom stereocenters. The molecule has 2 aromatic carbocycles. The van der Waals surface area contributed by atoms with E-state index in [4.69, 9.17) is 62.7 Å². The topological polar surface area (TPSA) is 38.3 Å². The summed E-state index contributed by atoms with van der Waals surface area (Å²) in [6, 6.07) is 7.64. The molecule has 1 N–H and O–H groups in total. The van der Waals surface area contributed by atoms with Crippen LogP contribution in [0.2, 0.25) is 25.1 Å². The Morgan fingerprint density at radius 1 is 0.909 bits per heavy atom. The summed E-state index contributed by atoms with van der Waals surface area (Å²) in [5.41, 5.74) is 0.267. The molecule has 0 aliphatic rings. The highest BCUT2D eigenvalue weighted by Crippen LogP contribution is 2.33. The van der Waals surface area contributed by atoms with Gasteiger partial charge in [-0.3, -0.25) is 4.79 Å². The van der Waals surface area contributed by atoms with Crippen molar-refractivity contribution >= 4 is 69.6 Å². The standard InChI is InChI=1S/C14H8Cl5NO2/c15-7-1-2-12(9(17)3-7)22-6-13(21)20-14-10(18)4-8(16)5-11(14)19/h1-5H,6H2,(H,20,21). The maximum atomic E-state index is 11.9. The molecule has 0 saturated heterocycles. The van der Waals surface area contributed by atoms with Crippen molar-refractivity contribution in [1.29, 1.82) is 0 Å². The second kappa shape index (κ2) is 7.62.